The summed E-state index contributed by atoms with van der Waals surface area (Å²) in [6.07, 6.45) is 1.68. The van der Waals surface area contributed by atoms with Gasteiger partial charge in [-0.3, -0.25) is 0 Å². The van der Waals surface area contributed by atoms with Crippen LogP contribution >= 0.6 is 11.6 Å². The molecule has 0 N–H and O–H groups in total. The average molecular weight is 309 g/mol. The van der Waals surface area contributed by atoms with Gasteiger partial charge in [0.05, 0.1) is 18.0 Å². The fourth-order valence-corrected chi connectivity index (χ4v) is 2.16. The number of aliphatic imine (C=N–C) groups is 1. The Bertz CT molecular complexity index is 652. The first-order chi connectivity index (χ1) is 10.00. The number of carbonyl (C=O) groups is 1. The SMILES string of the molecule is CCOC(=O)C1(C)CC(c2cc(N=C=O)ccc2Cl)=NO1. The fraction of sp³-hybridized carbons (Fsp3) is 0.357. The van der Waals surface area contributed by atoms with Crippen LogP contribution in [0.15, 0.2) is 28.3 Å². The summed E-state index contributed by atoms with van der Waals surface area (Å²) in [7, 11) is 0. The highest BCUT2D eigenvalue weighted by Crippen LogP contribution is 2.32. The molecule has 7 heteroatoms. The summed E-state index contributed by atoms with van der Waals surface area (Å²) >= 11 is 6.12. The van der Waals surface area contributed by atoms with Gasteiger partial charge in [0.15, 0.2) is 0 Å². The van der Waals surface area contributed by atoms with E-state index in [4.69, 9.17) is 21.2 Å². The predicted molar refractivity (Wildman–Crippen MR) is 76.5 cm³/mol. The highest BCUT2D eigenvalue weighted by Gasteiger charge is 2.44. The number of hydrogen-bond acceptors (Lipinski definition) is 6. The van der Waals surface area contributed by atoms with Gasteiger partial charge >= 0.3 is 5.97 Å². The van der Waals surface area contributed by atoms with Crippen LogP contribution in [0, 0.1) is 0 Å². The van der Waals surface area contributed by atoms with E-state index in [9.17, 15) is 9.59 Å². The van der Waals surface area contributed by atoms with E-state index < -0.39 is 11.6 Å². The second kappa shape index (κ2) is 6.08. The molecule has 1 aliphatic rings. The van der Waals surface area contributed by atoms with Crippen molar-refractivity contribution in [3.05, 3.63) is 28.8 Å². The highest BCUT2D eigenvalue weighted by molar-refractivity contribution is 6.34. The number of ether oxygens (including phenoxy) is 1. The third kappa shape index (κ3) is 3.12. The van der Waals surface area contributed by atoms with Gasteiger partial charge in [-0.25, -0.2) is 9.59 Å². The lowest BCUT2D eigenvalue weighted by Crippen LogP contribution is -2.37. The molecule has 0 fully saturated rings. The van der Waals surface area contributed by atoms with E-state index in [2.05, 4.69) is 10.1 Å². The number of halogens is 1. The van der Waals surface area contributed by atoms with E-state index >= 15 is 0 Å². The Labute approximate surface area is 126 Å². The van der Waals surface area contributed by atoms with Crippen LogP contribution in [-0.2, 0) is 19.2 Å². The van der Waals surface area contributed by atoms with E-state index in [1.165, 1.54) is 6.08 Å². The summed E-state index contributed by atoms with van der Waals surface area (Å²) in [5.74, 6) is -0.484. The lowest BCUT2D eigenvalue weighted by atomic mass is 9.96. The number of oxime groups is 1. The Morgan fingerprint density at radius 3 is 3.05 bits per heavy atom. The van der Waals surface area contributed by atoms with Crippen molar-refractivity contribution in [1.29, 1.82) is 0 Å². The van der Waals surface area contributed by atoms with Gasteiger partial charge in [-0.1, -0.05) is 16.8 Å². The normalized spacial score (nSPS) is 20.2. The molecule has 1 aromatic rings. The fourth-order valence-electron chi connectivity index (χ4n) is 1.93. The van der Waals surface area contributed by atoms with Crippen molar-refractivity contribution in [3.63, 3.8) is 0 Å². The zero-order valence-corrected chi connectivity index (χ0v) is 12.3. The molecule has 1 heterocycles. The summed E-state index contributed by atoms with van der Waals surface area (Å²) in [4.78, 5) is 30.9. The quantitative estimate of drug-likeness (QED) is 0.487. The number of rotatable bonds is 4. The van der Waals surface area contributed by atoms with Gasteiger partial charge in [0.25, 0.3) is 0 Å². The number of esters is 1. The van der Waals surface area contributed by atoms with Crippen molar-refractivity contribution >= 4 is 35.0 Å². The Hall–Kier alpha value is -2.17. The molecule has 0 saturated carbocycles. The molecule has 0 saturated heterocycles. The Morgan fingerprint density at radius 1 is 1.62 bits per heavy atom. The van der Waals surface area contributed by atoms with Gasteiger partial charge in [-0.05, 0) is 32.0 Å². The number of benzene rings is 1. The summed E-state index contributed by atoms with van der Waals surface area (Å²) in [5, 5.41) is 4.34. The van der Waals surface area contributed by atoms with Gasteiger partial charge in [0, 0.05) is 17.0 Å². The van der Waals surface area contributed by atoms with Crippen molar-refractivity contribution in [2.24, 2.45) is 10.1 Å². The third-order valence-corrected chi connectivity index (χ3v) is 3.33. The minimum Gasteiger partial charge on any atom is -0.463 e. The lowest BCUT2D eigenvalue weighted by molar-refractivity contribution is -0.166. The van der Waals surface area contributed by atoms with Gasteiger partial charge in [0.1, 0.15) is 0 Å². The van der Waals surface area contributed by atoms with Crippen LogP contribution in [0.3, 0.4) is 0 Å². The largest absolute Gasteiger partial charge is 0.463 e. The molecule has 0 aromatic heterocycles. The van der Waals surface area contributed by atoms with Crippen molar-refractivity contribution in [2.75, 3.05) is 6.61 Å². The zero-order chi connectivity index (χ0) is 15.5. The first kappa shape index (κ1) is 15.2. The molecule has 1 unspecified atom stereocenters. The topological polar surface area (TPSA) is 77.3 Å². The summed E-state index contributed by atoms with van der Waals surface area (Å²) in [6.45, 7) is 3.58. The molecule has 110 valence electrons. The molecule has 21 heavy (non-hydrogen) atoms. The van der Waals surface area contributed by atoms with E-state index in [1.807, 2.05) is 0 Å². The molecule has 1 aromatic carbocycles. The molecule has 0 spiro atoms. The first-order valence-electron chi connectivity index (χ1n) is 6.30. The maximum Gasteiger partial charge on any atom is 0.353 e. The molecule has 1 aliphatic heterocycles. The molecule has 0 aliphatic carbocycles. The van der Waals surface area contributed by atoms with Gasteiger partial charge in [-0.15, -0.1) is 0 Å². The Kier molecular flexibility index (Phi) is 4.40. The maximum absolute atomic E-state index is 11.9. The lowest BCUT2D eigenvalue weighted by Gasteiger charge is -2.18. The molecule has 0 bridgehead atoms. The van der Waals surface area contributed by atoms with Crippen LogP contribution in [0.4, 0.5) is 5.69 Å². The zero-order valence-electron chi connectivity index (χ0n) is 11.6. The van der Waals surface area contributed by atoms with Crippen LogP contribution in [0.2, 0.25) is 5.02 Å². The van der Waals surface area contributed by atoms with Crippen molar-refractivity contribution < 1.29 is 19.2 Å². The standard InChI is InChI=1S/C14H13ClN2O4/c1-3-20-13(19)14(2)7-12(17-21-14)10-6-9(16-8-18)4-5-11(10)15/h4-6H,3,7H2,1-2H3. The molecule has 0 radical (unpaired) electrons. The smallest absolute Gasteiger partial charge is 0.353 e. The van der Waals surface area contributed by atoms with Crippen molar-refractivity contribution in [3.8, 4) is 0 Å². The molecular weight excluding hydrogens is 296 g/mol. The Balaban J connectivity index is 2.27. The van der Waals surface area contributed by atoms with Crippen molar-refractivity contribution in [1.82, 2.24) is 0 Å². The number of hydrogen-bond donors (Lipinski definition) is 0. The van der Waals surface area contributed by atoms with Gasteiger partial charge in [-0.2, -0.15) is 4.99 Å². The van der Waals surface area contributed by atoms with Crippen LogP contribution in [0.1, 0.15) is 25.8 Å². The first-order valence-corrected chi connectivity index (χ1v) is 6.68. The van der Waals surface area contributed by atoms with Crippen LogP contribution in [0.5, 0.6) is 0 Å². The minimum atomic E-state index is -1.17. The Morgan fingerprint density at radius 2 is 2.38 bits per heavy atom. The van der Waals surface area contributed by atoms with E-state index in [1.54, 1.807) is 32.0 Å². The number of carbonyl (C=O) groups excluding carboxylic acids is 2. The summed E-state index contributed by atoms with van der Waals surface area (Å²) in [6, 6.07) is 4.76. The summed E-state index contributed by atoms with van der Waals surface area (Å²) < 4.78 is 4.97. The third-order valence-electron chi connectivity index (χ3n) is 3.00. The van der Waals surface area contributed by atoms with Crippen LogP contribution < -0.4 is 0 Å². The van der Waals surface area contributed by atoms with E-state index in [0.717, 1.165) is 0 Å². The number of nitrogens with zero attached hydrogens (tertiary/aromatic N) is 2. The average Bonchev–Trinajstić information content (AvgIpc) is 2.85. The highest BCUT2D eigenvalue weighted by atomic mass is 35.5. The molecular formula is C14H13ClN2O4. The second-order valence-corrected chi connectivity index (χ2v) is 5.03. The van der Waals surface area contributed by atoms with E-state index in [0.29, 0.717) is 22.0 Å². The van der Waals surface area contributed by atoms with Crippen LogP contribution in [0.25, 0.3) is 0 Å². The van der Waals surface area contributed by atoms with Gasteiger partial charge in [0.2, 0.25) is 11.7 Å². The molecule has 0 amide bonds. The second-order valence-electron chi connectivity index (χ2n) is 4.62. The van der Waals surface area contributed by atoms with E-state index in [-0.39, 0.29) is 13.0 Å². The summed E-state index contributed by atoms with van der Waals surface area (Å²) in [5.41, 5.74) is 0.287. The minimum absolute atomic E-state index is 0.222. The van der Waals surface area contributed by atoms with Crippen LogP contribution in [-0.4, -0.2) is 30.0 Å². The predicted octanol–water partition coefficient (Wildman–Crippen LogP) is 2.75. The monoisotopic (exact) mass is 308 g/mol. The van der Waals surface area contributed by atoms with Gasteiger partial charge < -0.3 is 9.57 Å². The molecule has 2 rings (SSSR count). The molecule has 6 nitrogen and oxygen atoms in total. The van der Waals surface area contributed by atoms with Crippen molar-refractivity contribution in [2.45, 2.75) is 25.9 Å². The maximum atomic E-state index is 11.9. The molecule has 1 atom stereocenters. The number of isocyanates is 1.